The van der Waals surface area contributed by atoms with Crippen LogP contribution in [0.15, 0.2) is 30.3 Å². The number of benzene rings is 1. The summed E-state index contributed by atoms with van der Waals surface area (Å²) in [5, 5.41) is 13.0. The van der Waals surface area contributed by atoms with Crippen LogP contribution in [0.25, 0.3) is 0 Å². The number of alkyl carbamates (subject to hydrolysis) is 1. The number of rotatable bonds is 9. The predicted octanol–water partition coefficient (Wildman–Crippen LogP) is 5.23. The molecule has 1 aromatic rings. The largest absolute Gasteiger partial charge is 0.482 e. The number of piperidine rings is 1. The zero-order valence-corrected chi connectivity index (χ0v) is 28.3. The van der Waals surface area contributed by atoms with Gasteiger partial charge in [-0.05, 0) is 82.1 Å². The number of carbonyl (C=O) groups excluding carboxylic acids is 2. The summed E-state index contributed by atoms with van der Waals surface area (Å²) in [6.45, 7) is 10.9. The second-order valence-corrected chi connectivity index (χ2v) is 16.0. The molecule has 1 unspecified atom stereocenters. The molecule has 9 nitrogen and oxygen atoms in total. The Morgan fingerprint density at radius 3 is 2.60 bits per heavy atom. The van der Waals surface area contributed by atoms with Gasteiger partial charge in [0, 0.05) is 25.0 Å². The lowest BCUT2D eigenvalue weighted by Gasteiger charge is -2.64. The molecular weight excluding hydrogens is 605 g/mol. The van der Waals surface area contributed by atoms with Crippen LogP contribution in [-0.2, 0) is 25.3 Å². The maximum absolute atomic E-state index is 13.9. The summed E-state index contributed by atoms with van der Waals surface area (Å²) < 4.78 is 47.0. The number of hydrogen-bond donors (Lipinski definition) is 1. The van der Waals surface area contributed by atoms with Crippen molar-refractivity contribution in [2.45, 2.75) is 115 Å². The lowest BCUT2D eigenvalue weighted by molar-refractivity contribution is -0.199. The highest BCUT2D eigenvalue weighted by Gasteiger charge is 2.68. The summed E-state index contributed by atoms with van der Waals surface area (Å²) in [6, 6.07) is 12.0. The van der Waals surface area contributed by atoms with Crippen LogP contribution >= 0.6 is 0 Å². The van der Waals surface area contributed by atoms with Crippen molar-refractivity contribution in [2.75, 3.05) is 26.2 Å². The number of amides is 2. The lowest BCUT2D eigenvalue weighted by atomic mass is 9.43. The van der Waals surface area contributed by atoms with Gasteiger partial charge in [0.15, 0.2) is 0 Å². The van der Waals surface area contributed by atoms with E-state index >= 15 is 0 Å². The molecule has 47 heavy (non-hydrogen) atoms. The van der Waals surface area contributed by atoms with Crippen LogP contribution in [0.1, 0.15) is 78.7 Å². The molecule has 0 radical (unpaired) electrons. The van der Waals surface area contributed by atoms with E-state index < -0.39 is 48.2 Å². The first kappa shape index (κ1) is 34.1. The third-order valence-corrected chi connectivity index (χ3v) is 12.0. The van der Waals surface area contributed by atoms with Crippen LogP contribution in [0.3, 0.4) is 0 Å². The number of nitrogens with zero attached hydrogens (tertiary/aromatic N) is 3. The molecule has 1 N–H and O–H groups in total. The van der Waals surface area contributed by atoms with Gasteiger partial charge in [0.1, 0.15) is 12.0 Å². The minimum atomic E-state index is -2.76. The summed E-state index contributed by atoms with van der Waals surface area (Å²) in [7, 11) is -0.632. The number of ether oxygens (including phenoxy) is 1. The molecule has 3 saturated carbocycles. The van der Waals surface area contributed by atoms with Gasteiger partial charge >= 0.3 is 13.2 Å². The Morgan fingerprint density at radius 2 is 1.94 bits per heavy atom. The van der Waals surface area contributed by atoms with Crippen LogP contribution in [-0.4, -0.2) is 90.3 Å². The molecule has 2 bridgehead atoms. The number of nitrogens with one attached hydrogen (secondary N) is 1. The van der Waals surface area contributed by atoms with Gasteiger partial charge in [0.25, 0.3) is 5.92 Å². The lowest BCUT2D eigenvalue weighted by Crippen LogP contribution is -2.65. The predicted molar refractivity (Wildman–Crippen MR) is 172 cm³/mol. The van der Waals surface area contributed by atoms with Gasteiger partial charge in [-0.15, -0.1) is 0 Å². The number of halogens is 2. The number of hydrogen-bond acceptors (Lipinski definition) is 7. The zero-order chi connectivity index (χ0) is 33.8. The van der Waals surface area contributed by atoms with Crippen molar-refractivity contribution >= 4 is 19.1 Å². The Morgan fingerprint density at radius 1 is 1.19 bits per heavy atom. The number of likely N-dealkylation sites (tertiary alicyclic amines) is 2. The van der Waals surface area contributed by atoms with Crippen molar-refractivity contribution in [2.24, 2.45) is 23.2 Å². The first-order valence-corrected chi connectivity index (χ1v) is 17.3. The van der Waals surface area contributed by atoms with Gasteiger partial charge < -0.3 is 24.3 Å². The van der Waals surface area contributed by atoms with Crippen LogP contribution in [0.2, 0.25) is 0 Å². The first-order chi connectivity index (χ1) is 22.1. The minimum Gasteiger partial charge on any atom is -0.444 e. The summed E-state index contributed by atoms with van der Waals surface area (Å²) in [5.41, 5.74) is 0.0601. The fourth-order valence-corrected chi connectivity index (χ4v) is 9.02. The summed E-state index contributed by atoms with van der Waals surface area (Å²) >= 11 is 0. The average molecular weight is 655 g/mol. The van der Waals surface area contributed by atoms with Gasteiger partial charge in [-0.3, -0.25) is 9.69 Å². The van der Waals surface area contributed by atoms with Crippen LogP contribution in [0.4, 0.5) is 13.6 Å². The molecule has 7 atom stereocenters. The van der Waals surface area contributed by atoms with Gasteiger partial charge in [0.05, 0.1) is 36.8 Å². The minimum absolute atomic E-state index is 0.0294. The Labute approximate surface area is 277 Å². The molecule has 3 heterocycles. The number of carbonyl (C=O) groups is 2. The van der Waals surface area contributed by atoms with Crippen molar-refractivity contribution in [3.63, 3.8) is 0 Å². The van der Waals surface area contributed by atoms with E-state index in [0.29, 0.717) is 37.6 Å². The number of nitriles is 1. The van der Waals surface area contributed by atoms with Crippen LogP contribution in [0.5, 0.6) is 0 Å². The van der Waals surface area contributed by atoms with E-state index in [-0.39, 0.29) is 49.9 Å². The zero-order valence-electron chi connectivity index (χ0n) is 28.3. The Hall–Kier alpha value is -2.75. The molecule has 3 aliphatic carbocycles. The smallest absolute Gasteiger partial charge is 0.444 e. The van der Waals surface area contributed by atoms with Crippen LogP contribution in [0, 0.1) is 34.5 Å². The van der Waals surface area contributed by atoms with Crippen molar-refractivity contribution in [3.8, 4) is 6.07 Å². The molecule has 256 valence electrons. The summed E-state index contributed by atoms with van der Waals surface area (Å²) in [6.07, 6.45) is 2.51. The van der Waals surface area contributed by atoms with E-state index in [1.165, 1.54) is 0 Å². The quantitative estimate of drug-likeness (QED) is 0.364. The highest BCUT2D eigenvalue weighted by atomic mass is 19.3. The maximum Gasteiger partial charge on any atom is 0.482 e. The number of alkyl halides is 2. The third kappa shape index (κ3) is 6.77. The SMILES string of the molecule is CC1(C)[C@@H]2C[C@H]3OB([C@H](Cc4ccccc4)NC(=O)O[C@H]4CCCN(C(=O)C(C#N)CC(C)(C)N5CCC(F)(F)C5)C4)O[C@@]3(C)[C@H]1C2. The Kier molecular flexibility index (Phi) is 9.16. The normalized spacial score (nSPS) is 32.5. The highest BCUT2D eigenvalue weighted by Crippen LogP contribution is 2.65. The molecule has 6 fully saturated rings. The van der Waals surface area contributed by atoms with E-state index in [0.717, 1.165) is 18.4 Å². The molecule has 3 saturated heterocycles. The third-order valence-electron chi connectivity index (χ3n) is 12.0. The molecule has 7 rings (SSSR count). The molecule has 1 aromatic carbocycles. The molecule has 2 amide bonds. The molecule has 6 aliphatic rings. The average Bonchev–Trinajstić information content (AvgIpc) is 3.58. The van der Waals surface area contributed by atoms with Crippen molar-refractivity contribution < 1.29 is 32.4 Å². The van der Waals surface area contributed by atoms with E-state index in [2.05, 4.69) is 32.2 Å². The molecule has 0 spiro atoms. The van der Waals surface area contributed by atoms with Gasteiger partial charge in [-0.25, -0.2) is 13.6 Å². The fourth-order valence-electron chi connectivity index (χ4n) is 9.02. The second kappa shape index (κ2) is 12.6. The van der Waals surface area contributed by atoms with Gasteiger partial charge in [-0.2, -0.15) is 5.26 Å². The van der Waals surface area contributed by atoms with Crippen molar-refractivity contribution in [3.05, 3.63) is 35.9 Å². The van der Waals surface area contributed by atoms with E-state index in [4.69, 9.17) is 14.0 Å². The van der Waals surface area contributed by atoms with Crippen LogP contribution < -0.4 is 5.32 Å². The monoisotopic (exact) mass is 654 g/mol. The van der Waals surface area contributed by atoms with E-state index in [1.807, 2.05) is 30.3 Å². The first-order valence-electron chi connectivity index (χ1n) is 17.3. The molecule has 0 aromatic heterocycles. The summed E-state index contributed by atoms with van der Waals surface area (Å²) in [5.74, 6) is -3.60. The Bertz CT molecular complexity index is 1380. The highest BCUT2D eigenvalue weighted by molar-refractivity contribution is 6.47. The van der Waals surface area contributed by atoms with Gasteiger partial charge in [-0.1, -0.05) is 44.2 Å². The van der Waals surface area contributed by atoms with E-state index in [9.17, 15) is 23.6 Å². The van der Waals surface area contributed by atoms with Crippen molar-refractivity contribution in [1.82, 2.24) is 15.1 Å². The molecular formula is C35H49BF2N4O5. The second-order valence-electron chi connectivity index (χ2n) is 16.0. The van der Waals surface area contributed by atoms with Crippen molar-refractivity contribution in [1.29, 1.82) is 5.26 Å². The molecule has 3 aliphatic heterocycles. The van der Waals surface area contributed by atoms with Gasteiger partial charge in [0.2, 0.25) is 5.91 Å². The fraction of sp³-hybridized carbons (Fsp3) is 0.743. The standard InChI is InChI=1S/C35H49BF2N4O5/c1-32(2,42-15-13-35(37,38)22-42)19-24(20-39)30(43)41-14-9-12-26(21-41)45-31(44)40-29(16-23-10-7-6-8-11-23)36-46-28-18-25-17-27(33(25,3)4)34(28,5)47-36/h6-8,10-11,24-29H,9,12-19,21-22H2,1-5H3,(H,40,44)/t24?,25-,26-,27-,28+,29-,34-/m0/s1. The van der Waals surface area contributed by atoms with E-state index in [1.54, 1.807) is 23.6 Å². The summed E-state index contributed by atoms with van der Waals surface area (Å²) in [4.78, 5) is 30.2. The maximum atomic E-state index is 13.9. The topological polar surface area (TPSA) is 104 Å². The molecule has 12 heteroatoms. The Balaban J connectivity index is 1.08.